The van der Waals surface area contributed by atoms with Crippen LogP contribution in [0.5, 0.6) is 0 Å². The maximum atomic E-state index is 5.49. The third-order valence-electron chi connectivity index (χ3n) is 2.45. The third kappa shape index (κ3) is 2.58. The van der Waals surface area contributed by atoms with Crippen LogP contribution >= 0.6 is 12.2 Å². The zero-order chi connectivity index (χ0) is 10.7. The number of hydrogen-bond donors (Lipinski definition) is 2. The van der Waals surface area contributed by atoms with E-state index in [4.69, 9.17) is 18.0 Å². The Kier molecular flexibility index (Phi) is 3.69. The summed E-state index contributed by atoms with van der Waals surface area (Å²) in [6, 6.07) is 0. The summed E-state index contributed by atoms with van der Waals surface area (Å²) in [4.78, 5) is 0. The minimum Gasteiger partial charge on any atom is -0.376 e. The van der Waals surface area contributed by atoms with Crippen molar-refractivity contribution in [3.05, 3.63) is 22.9 Å². The van der Waals surface area contributed by atoms with E-state index in [1.165, 1.54) is 11.1 Å². The third-order valence-corrected chi connectivity index (χ3v) is 2.56. The van der Waals surface area contributed by atoms with Gasteiger partial charge in [0.05, 0.1) is 0 Å². The van der Waals surface area contributed by atoms with Crippen LogP contribution in [0.3, 0.4) is 0 Å². The van der Waals surface area contributed by atoms with Crippen LogP contribution in [0.15, 0.2) is 22.9 Å². The Morgan fingerprint density at radius 2 is 2.21 bits per heavy atom. The normalized spacial score (nSPS) is 17.0. The van der Waals surface area contributed by atoms with E-state index in [-0.39, 0.29) is 0 Å². The summed E-state index contributed by atoms with van der Waals surface area (Å²) in [5.41, 5.74) is 9.41. The molecule has 3 N–H and O–H groups in total. The standard InChI is InChI=1S/C11H18N2S/c1-7(2)10-8(3)5-4-6-9(10)13-11(12)14/h6-7H,4-5H2,1-3H3,(H3,12,13,14). The van der Waals surface area contributed by atoms with Crippen LogP contribution in [-0.2, 0) is 0 Å². The fourth-order valence-corrected chi connectivity index (χ4v) is 2.07. The molecule has 0 fully saturated rings. The summed E-state index contributed by atoms with van der Waals surface area (Å²) in [7, 11) is 0. The van der Waals surface area contributed by atoms with Gasteiger partial charge in [0, 0.05) is 5.70 Å². The summed E-state index contributed by atoms with van der Waals surface area (Å²) in [6.45, 7) is 6.57. The number of rotatable bonds is 2. The highest BCUT2D eigenvalue weighted by atomic mass is 32.1. The topological polar surface area (TPSA) is 38.0 Å². The van der Waals surface area contributed by atoms with E-state index in [1.807, 2.05) is 0 Å². The second-order valence-corrected chi connectivity index (χ2v) is 4.43. The van der Waals surface area contributed by atoms with Crippen LogP contribution in [0.25, 0.3) is 0 Å². The monoisotopic (exact) mass is 210 g/mol. The van der Waals surface area contributed by atoms with Gasteiger partial charge in [0.2, 0.25) is 0 Å². The van der Waals surface area contributed by atoms with Crippen molar-refractivity contribution in [2.24, 2.45) is 11.7 Å². The van der Waals surface area contributed by atoms with E-state index < -0.39 is 0 Å². The first-order chi connectivity index (χ1) is 6.52. The Hall–Kier alpha value is -0.830. The Morgan fingerprint density at radius 1 is 1.57 bits per heavy atom. The second-order valence-electron chi connectivity index (χ2n) is 3.99. The molecule has 0 saturated carbocycles. The maximum Gasteiger partial charge on any atom is 0.168 e. The van der Waals surface area contributed by atoms with Crippen molar-refractivity contribution in [2.75, 3.05) is 0 Å². The van der Waals surface area contributed by atoms with Crippen LogP contribution in [0.4, 0.5) is 0 Å². The molecular formula is C11H18N2S. The first-order valence-corrected chi connectivity index (χ1v) is 5.39. The highest BCUT2D eigenvalue weighted by molar-refractivity contribution is 7.80. The quantitative estimate of drug-likeness (QED) is 0.688. The predicted octanol–water partition coefficient (Wildman–Crippen LogP) is 2.47. The molecule has 0 heterocycles. The van der Waals surface area contributed by atoms with Crippen molar-refractivity contribution in [2.45, 2.75) is 33.6 Å². The molecule has 2 nitrogen and oxygen atoms in total. The molecule has 3 heteroatoms. The van der Waals surface area contributed by atoms with Crippen molar-refractivity contribution in [1.29, 1.82) is 0 Å². The molecule has 0 aromatic rings. The lowest BCUT2D eigenvalue weighted by atomic mass is 9.88. The van der Waals surface area contributed by atoms with Crippen LogP contribution < -0.4 is 11.1 Å². The summed E-state index contributed by atoms with van der Waals surface area (Å²) in [6.07, 6.45) is 4.41. The van der Waals surface area contributed by atoms with Crippen LogP contribution in [0.2, 0.25) is 0 Å². The fraction of sp³-hybridized carbons (Fsp3) is 0.545. The van der Waals surface area contributed by atoms with Gasteiger partial charge in [-0.05, 0) is 43.5 Å². The van der Waals surface area contributed by atoms with Gasteiger partial charge in [-0.25, -0.2) is 0 Å². The Labute approximate surface area is 91.3 Å². The molecule has 14 heavy (non-hydrogen) atoms. The van der Waals surface area contributed by atoms with Crippen molar-refractivity contribution in [3.8, 4) is 0 Å². The Morgan fingerprint density at radius 3 is 2.71 bits per heavy atom. The maximum absolute atomic E-state index is 5.49. The Balaban J connectivity index is 2.92. The van der Waals surface area contributed by atoms with E-state index in [2.05, 4.69) is 32.2 Å². The molecular weight excluding hydrogens is 192 g/mol. The minimum absolute atomic E-state index is 0.351. The van der Waals surface area contributed by atoms with Crippen molar-refractivity contribution in [1.82, 2.24) is 5.32 Å². The first kappa shape index (κ1) is 11.2. The molecule has 1 aliphatic rings. The van der Waals surface area contributed by atoms with E-state index in [1.54, 1.807) is 0 Å². The number of allylic oxidation sites excluding steroid dienone is 3. The lowest BCUT2D eigenvalue weighted by Gasteiger charge is -2.23. The molecule has 0 unspecified atom stereocenters. The lowest BCUT2D eigenvalue weighted by Crippen LogP contribution is -2.31. The van der Waals surface area contributed by atoms with E-state index >= 15 is 0 Å². The van der Waals surface area contributed by atoms with Gasteiger partial charge in [0.1, 0.15) is 0 Å². The molecule has 0 bridgehead atoms. The largest absolute Gasteiger partial charge is 0.376 e. The van der Waals surface area contributed by atoms with Gasteiger partial charge >= 0.3 is 0 Å². The van der Waals surface area contributed by atoms with Gasteiger partial charge in [0.25, 0.3) is 0 Å². The van der Waals surface area contributed by atoms with Crippen LogP contribution in [-0.4, -0.2) is 5.11 Å². The van der Waals surface area contributed by atoms with Gasteiger partial charge in [-0.2, -0.15) is 0 Å². The SMILES string of the molecule is CC1=C(C(C)C)C(NC(N)=S)=CCC1. The number of thiocarbonyl (C=S) groups is 1. The summed E-state index contributed by atoms with van der Waals surface area (Å²) >= 11 is 4.86. The molecule has 0 radical (unpaired) electrons. The molecule has 1 aliphatic carbocycles. The van der Waals surface area contributed by atoms with Crippen molar-refractivity contribution in [3.63, 3.8) is 0 Å². The summed E-state index contributed by atoms with van der Waals surface area (Å²) in [5.74, 6) is 0.517. The second kappa shape index (κ2) is 4.60. The molecule has 1 rings (SSSR count). The first-order valence-electron chi connectivity index (χ1n) is 4.99. The van der Waals surface area contributed by atoms with Gasteiger partial charge in [-0.1, -0.05) is 25.5 Å². The minimum atomic E-state index is 0.351. The van der Waals surface area contributed by atoms with Gasteiger partial charge in [-0.3, -0.25) is 0 Å². The van der Waals surface area contributed by atoms with E-state index in [9.17, 15) is 0 Å². The molecule has 0 aromatic carbocycles. The van der Waals surface area contributed by atoms with Gasteiger partial charge in [-0.15, -0.1) is 0 Å². The van der Waals surface area contributed by atoms with E-state index in [0.717, 1.165) is 18.5 Å². The molecule has 0 amide bonds. The summed E-state index contributed by atoms with van der Waals surface area (Å²) < 4.78 is 0. The molecule has 78 valence electrons. The van der Waals surface area contributed by atoms with Crippen molar-refractivity contribution < 1.29 is 0 Å². The van der Waals surface area contributed by atoms with Crippen LogP contribution in [0.1, 0.15) is 33.6 Å². The number of nitrogens with one attached hydrogen (secondary N) is 1. The fourth-order valence-electron chi connectivity index (χ4n) is 1.96. The number of nitrogens with two attached hydrogens (primary N) is 1. The highest BCUT2D eigenvalue weighted by Gasteiger charge is 2.16. The Bertz CT molecular complexity index is 300. The van der Waals surface area contributed by atoms with Crippen LogP contribution in [0, 0.1) is 5.92 Å². The van der Waals surface area contributed by atoms with Gasteiger partial charge in [0.15, 0.2) is 5.11 Å². The average molecular weight is 210 g/mol. The molecule has 0 atom stereocenters. The number of hydrogen-bond acceptors (Lipinski definition) is 1. The zero-order valence-corrected chi connectivity index (χ0v) is 9.87. The lowest BCUT2D eigenvalue weighted by molar-refractivity contribution is 0.722. The zero-order valence-electron chi connectivity index (χ0n) is 9.05. The smallest absolute Gasteiger partial charge is 0.168 e. The van der Waals surface area contributed by atoms with E-state index in [0.29, 0.717) is 11.0 Å². The van der Waals surface area contributed by atoms with Crippen molar-refractivity contribution >= 4 is 17.3 Å². The van der Waals surface area contributed by atoms with Gasteiger partial charge < -0.3 is 11.1 Å². The molecule has 0 spiro atoms. The predicted molar refractivity (Wildman–Crippen MR) is 64.8 cm³/mol. The highest BCUT2D eigenvalue weighted by Crippen LogP contribution is 2.28. The average Bonchev–Trinajstić information content (AvgIpc) is 2.01. The molecule has 0 aromatic heterocycles. The summed E-state index contributed by atoms with van der Waals surface area (Å²) in [5, 5.41) is 3.41. The molecule has 0 saturated heterocycles. The molecule has 0 aliphatic heterocycles.